The lowest BCUT2D eigenvalue weighted by Crippen LogP contribution is -2.31. The Bertz CT molecular complexity index is 688. The largest absolute Gasteiger partial charge is 0.478 e. The zero-order valence-corrected chi connectivity index (χ0v) is 15.5. The van der Waals surface area contributed by atoms with Crippen molar-refractivity contribution in [2.75, 3.05) is 13.2 Å². The monoisotopic (exact) mass is 374 g/mol. The van der Waals surface area contributed by atoms with Gasteiger partial charge in [0.25, 0.3) is 0 Å². The molecule has 0 aliphatic carbocycles. The molecule has 27 heavy (non-hydrogen) atoms. The third-order valence-electron chi connectivity index (χ3n) is 5.19. The molecule has 2 fully saturated rings. The average molecular weight is 374 g/mol. The molecule has 3 rings (SSSR count). The molecule has 2 saturated heterocycles. The second-order valence-corrected chi connectivity index (χ2v) is 7.07. The summed E-state index contributed by atoms with van der Waals surface area (Å²) in [6.45, 7) is 2.43. The number of fused-ring (bicyclic) bond motifs is 2. The van der Waals surface area contributed by atoms with E-state index in [4.69, 9.17) is 14.6 Å². The first kappa shape index (κ1) is 19.4. The molecule has 0 saturated carbocycles. The van der Waals surface area contributed by atoms with Crippen LogP contribution >= 0.6 is 0 Å². The summed E-state index contributed by atoms with van der Waals surface area (Å²) in [5.74, 6) is -0.745. The minimum Gasteiger partial charge on any atom is -0.478 e. The van der Waals surface area contributed by atoms with E-state index >= 15 is 0 Å². The van der Waals surface area contributed by atoms with Crippen LogP contribution in [-0.4, -0.2) is 48.6 Å². The number of rotatable bonds is 9. The first-order chi connectivity index (χ1) is 13.1. The highest BCUT2D eigenvalue weighted by atomic mass is 16.5. The number of carboxylic acid groups (broad SMARTS) is 1. The normalized spacial score (nSPS) is 26.4. The van der Waals surface area contributed by atoms with Crippen molar-refractivity contribution in [1.82, 2.24) is 5.43 Å². The molecule has 1 aromatic carbocycles. The number of benzene rings is 1. The third kappa shape index (κ3) is 4.86. The van der Waals surface area contributed by atoms with Crippen LogP contribution in [-0.2, 0) is 20.7 Å². The number of hydrogen-bond acceptors (Lipinski definition) is 6. The second-order valence-electron chi connectivity index (χ2n) is 7.07. The fourth-order valence-electron chi connectivity index (χ4n) is 3.86. The van der Waals surface area contributed by atoms with Gasteiger partial charge < -0.3 is 14.6 Å². The molecular formula is C20H26N2O5. The molecule has 0 radical (unpaired) electrons. The van der Waals surface area contributed by atoms with E-state index in [1.807, 2.05) is 25.3 Å². The van der Waals surface area contributed by atoms with Crippen LogP contribution in [0.5, 0.6) is 0 Å². The van der Waals surface area contributed by atoms with E-state index in [9.17, 15) is 9.59 Å². The molecule has 4 atom stereocenters. The number of nitrogens with one attached hydrogen (secondary N) is 1. The molecule has 2 aliphatic heterocycles. The van der Waals surface area contributed by atoms with Crippen LogP contribution in [0.3, 0.4) is 0 Å². The Morgan fingerprint density at radius 3 is 2.74 bits per heavy atom. The quantitative estimate of drug-likeness (QED) is 0.391. The van der Waals surface area contributed by atoms with Gasteiger partial charge in [-0.15, -0.1) is 0 Å². The molecule has 2 bridgehead atoms. The van der Waals surface area contributed by atoms with Gasteiger partial charge in [-0.1, -0.05) is 19.1 Å². The Balaban J connectivity index is 1.56. The molecule has 0 spiro atoms. The molecular weight excluding hydrogens is 348 g/mol. The maximum absolute atomic E-state index is 11.5. The van der Waals surface area contributed by atoms with Crippen molar-refractivity contribution in [3.8, 4) is 0 Å². The standard InChI is InChI=1S/C20H26N2O5/c1-2-9-26-19(23)12-22-21-11-16-15(17-7-8-18(16)27-17)10-13-3-5-14(6-4-13)20(24)25/h3-6,11,15-18,22H,2,7-10,12H2,1H3,(H,24,25)/b21-11-. The van der Waals surface area contributed by atoms with E-state index in [1.165, 1.54) is 0 Å². The molecule has 7 heteroatoms. The van der Waals surface area contributed by atoms with Crippen molar-refractivity contribution in [3.05, 3.63) is 35.4 Å². The van der Waals surface area contributed by atoms with Crippen LogP contribution in [0.4, 0.5) is 0 Å². The van der Waals surface area contributed by atoms with Gasteiger partial charge in [-0.2, -0.15) is 5.10 Å². The molecule has 2 heterocycles. The molecule has 0 amide bonds. The Morgan fingerprint density at radius 1 is 1.30 bits per heavy atom. The number of aromatic carboxylic acids is 1. The van der Waals surface area contributed by atoms with E-state index in [2.05, 4.69) is 10.5 Å². The highest BCUT2D eigenvalue weighted by molar-refractivity contribution is 5.87. The van der Waals surface area contributed by atoms with Crippen LogP contribution in [0, 0.1) is 11.8 Å². The summed E-state index contributed by atoms with van der Waals surface area (Å²) in [6.07, 6.45) is 5.91. The lowest BCUT2D eigenvalue weighted by Gasteiger charge is -2.25. The van der Waals surface area contributed by atoms with Gasteiger partial charge >= 0.3 is 11.9 Å². The smallest absolute Gasteiger partial charge is 0.335 e. The summed E-state index contributed by atoms with van der Waals surface area (Å²) >= 11 is 0. The zero-order valence-electron chi connectivity index (χ0n) is 15.5. The summed E-state index contributed by atoms with van der Waals surface area (Å²) in [5.41, 5.74) is 4.14. The lowest BCUT2D eigenvalue weighted by atomic mass is 9.77. The summed E-state index contributed by atoms with van der Waals surface area (Å²) in [5, 5.41) is 13.2. The lowest BCUT2D eigenvalue weighted by molar-refractivity contribution is -0.142. The molecule has 2 aliphatic rings. The highest BCUT2D eigenvalue weighted by Crippen LogP contribution is 2.44. The average Bonchev–Trinajstić information content (AvgIpc) is 3.26. The minimum atomic E-state index is -0.918. The first-order valence-electron chi connectivity index (χ1n) is 9.48. The minimum absolute atomic E-state index is 0.0550. The zero-order chi connectivity index (χ0) is 19.2. The Hall–Kier alpha value is -2.41. The number of esters is 1. The molecule has 2 N–H and O–H groups in total. The van der Waals surface area contributed by atoms with Crippen LogP contribution in [0.25, 0.3) is 0 Å². The van der Waals surface area contributed by atoms with Crippen molar-refractivity contribution >= 4 is 18.2 Å². The van der Waals surface area contributed by atoms with Crippen molar-refractivity contribution < 1.29 is 24.2 Å². The Labute approximate surface area is 158 Å². The molecule has 7 nitrogen and oxygen atoms in total. The second kappa shape index (κ2) is 8.99. The van der Waals surface area contributed by atoms with Crippen molar-refractivity contribution in [1.29, 1.82) is 0 Å². The van der Waals surface area contributed by atoms with Crippen molar-refractivity contribution in [2.24, 2.45) is 16.9 Å². The summed E-state index contributed by atoms with van der Waals surface area (Å²) in [7, 11) is 0. The topological polar surface area (TPSA) is 97.2 Å². The van der Waals surface area contributed by atoms with Gasteiger partial charge in [0.05, 0.1) is 24.4 Å². The number of carbonyl (C=O) groups is 2. The number of nitrogens with zero attached hydrogens (tertiary/aromatic N) is 1. The van der Waals surface area contributed by atoms with Crippen LogP contribution in [0.1, 0.15) is 42.1 Å². The predicted octanol–water partition coefficient (Wildman–Crippen LogP) is 2.25. The van der Waals surface area contributed by atoms with Crippen molar-refractivity contribution in [2.45, 2.75) is 44.8 Å². The van der Waals surface area contributed by atoms with E-state index in [0.717, 1.165) is 31.2 Å². The molecule has 146 valence electrons. The third-order valence-corrected chi connectivity index (χ3v) is 5.19. The number of ether oxygens (including phenoxy) is 2. The molecule has 1 aromatic rings. The number of hydrazone groups is 1. The van der Waals surface area contributed by atoms with Crippen LogP contribution in [0.15, 0.2) is 29.4 Å². The van der Waals surface area contributed by atoms with E-state index in [1.54, 1.807) is 12.1 Å². The van der Waals surface area contributed by atoms with Gasteiger partial charge in [-0.05, 0) is 49.3 Å². The summed E-state index contributed by atoms with van der Waals surface area (Å²) in [6, 6.07) is 7.01. The molecule has 0 aromatic heterocycles. The number of carbonyl (C=O) groups excluding carboxylic acids is 1. The highest BCUT2D eigenvalue weighted by Gasteiger charge is 2.47. The van der Waals surface area contributed by atoms with Gasteiger partial charge in [0.2, 0.25) is 0 Å². The van der Waals surface area contributed by atoms with E-state index in [-0.39, 0.29) is 30.6 Å². The first-order valence-corrected chi connectivity index (χ1v) is 9.48. The Kier molecular flexibility index (Phi) is 6.45. The van der Waals surface area contributed by atoms with Gasteiger partial charge in [0, 0.05) is 12.1 Å². The SMILES string of the molecule is CCCOC(=O)CN/N=C\C1C2CCC(O2)C1Cc1ccc(C(=O)O)cc1. The van der Waals surface area contributed by atoms with Gasteiger partial charge in [-0.25, -0.2) is 4.79 Å². The Morgan fingerprint density at radius 2 is 2.04 bits per heavy atom. The fourth-order valence-corrected chi connectivity index (χ4v) is 3.86. The van der Waals surface area contributed by atoms with Gasteiger partial charge in [0.1, 0.15) is 6.54 Å². The van der Waals surface area contributed by atoms with Gasteiger partial charge in [-0.3, -0.25) is 10.2 Å². The summed E-state index contributed by atoms with van der Waals surface area (Å²) < 4.78 is 11.1. The summed E-state index contributed by atoms with van der Waals surface area (Å²) in [4.78, 5) is 22.5. The molecule has 4 unspecified atom stereocenters. The predicted molar refractivity (Wildman–Crippen MR) is 99.7 cm³/mol. The fraction of sp³-hybridized carbons (Fsp3) is 0.550. The van der Waals surface area contributed by atoms with Gasteiger partial charge in [0.15, 0.2) is 0 Å². The van der Waals surface area contributed by atoms with Crippen LogP contribution < -0.4 is 5.43 Å². The maximum Gasteiger partial charge on any atom is 0.335 e. The number of carboxylic acids is 1. The van der Waals surface area contributed by atoms with Crippen molar-refractivity contribution in [3.63, 3.8) is 0 Å². The van der Waals surface area contributed by atoms with E-state index in [0.29, 0.717) is 18.1 Å². The van der Waals surface area contributed by atoms with Crippen LogP contribution in [0.2, 0.25) is 0 Å². The van der Waals surface area contributed by atoms with E-state index < -0.39 is 5.97 Å². The number of hydrogen-bond donors (Lipinski definition) is 2. The maximum atomic E-state index is 11.5.